The summed E-state index contributed by atoms with van der Waals surface area (Å²) >= 11 is 0. The minimum absolute atomic E-state index is 0.0477. The standard InChI is InChI=1S/C18H22N2O/c1-13(2)15-7-9-16(10-8-15)19-12-18(21)20-17-6-4-5-14(3)11-17/h4-11,13,19H,12H2,1-3H3,(H,20,21). The molecule has 110 valence electrons. The van der Waals surface area contributed by atoms with Crippen LogP contribution in [-0.4, -0.2) is 12.5 Å². The second-order valence-electron chi connectivity index (χ2n) is 5.55. The average molecular weight is 282 g/mol. The largest absolute Gasteiger partial charge is 0.376 e. The lowest BCUT2D eigenvalue weighted by Crippen LogP contribution is -2.21. The van der Waals surface area contributed by atoms with Crippen LogP contribution < -0.4 is 10.6 Å². The first-order valence-corrected chi connectivity index (χ1v) is 7.25. The highest BCUT2D eigenvalue weighted by Gasteiger charge is 2.03. The molecule has 0 bridgehead atoms. The van der Waals surface area contributed by atoms with E-state index in [4.69, 9.17) is 0 Å². The van der Waals surface area contributed by atoms with Gasteiger partial charge >= 0.3 is 0 Å². The van der Waals surface area contributed by atoms with Crippen molar-refractivity contribution in [1.29, 1.82) is 0 Å². The topological polar surface area (TPSA) is 41.1 Å². The summed E-state index contributed by atoms with van der Waals surface area (Å²) in [6, 6.07) is 16.0. The summed E-state index contributed by atoms with van der Waals surface area (Å²) in [6.07, 6.45) is 0. The number of aryl methyl sites for hydroxylation is 1. The molecule has 1 amide bonds. The van der Waals surface area contributed by atoms with Crippen LogP contribution in [0.15, 0.2) is 48.5 Å². The third kappa shape index (κ3) is 4.63. The van der Waals surface area contributed by atoms with Gasteiger partial charge < -0.3 is 10.6 Å². The lowest BCUT2D eigenvalue weighted by atomic mass is 10.0. The Morgan fingerprint density at radius 1 is 1.05 bits per heavy atom. The Balaban J connectivity index is 1.86. The zero-order valence-electron chi connectivity index (χ0n) is 12.8. The van der Waals surface area contributed by atoms with E-state index in [1.165, 1.54) is 5.56 Å². The molecule has 0 heterocycles. The van der Waals surface area contributed by atoms with Crippen molar-refractivity contribution >= 4 is 17.3 Å². The molecular weight excluding hydrogens is 260 g/mol. The van der Waals surface area contributed by atoms with Gasteiger partial charge in [0.25, 0.3) is 0 Å². The number of hydrogen-bond acceptors (Lipinski definition) is 2. The van der Waals surface area contributed by atoms with Gasteiger partial charge in [-0.15, -0.1) is 0 Å². The van der Waals surface area contributed by atoms with Crippen LogP contribution in [0.25, 0.3) is 0 Å². The van der Waals surface area contributed by atoms with E-state index in [-0.39, 0.29) is 12.5 Å². The highest BCUT2D eigenvalue weighted by atomic mass is 16.1. The van der Waals surface area contributed by atoms with Gasteiger partial charge in [0.1, 0.15) is 0 Å². The highest BCUT2D eigenvalue weighted by Crippen LogP contribution is 2.17. The SMILES string of the molecule is Cc1cccc(NC(=O)CNc2ccc(C(C)C)cc2)c1. The van der Waals surface area contributed by atoms with E-state index in [0.717, 1.165) is 16.9 Å². The fourth-order valence-corrected chi connectivity index (χ4v) is 2.10. The number of benzene rings is 2. The lowest BCUT2D eigenvalue weighted by molar-refractivity contribution is -0.114. The van der Waals surface area contributed by atoms with Gasteiger partial charge in [-0.1, -0.05) is 38.1 Å². The van der Waals surface area contributed by atoms with Crippen LogP contribution in [0, 0.1) is 6.92 Å². The van der Waals surface area contributed by atoms with E-state index in [0.29, 0.717) is 5.92 Å². The zero-order chi connectivity index (χ0) is 15.2. The van der Waals surface area contributed by atoms with Crippen molar-refractivity contribution in [2.75, 3.05) is 17.2 Å². The first-order chi connectivity index (χ1) is 10.0. The Morgan fingerprint density at radius 2 is 1.76 bits per heavy atom. The van der Waals surface area contributed by atoms with E-state index in [9.17, 15) is 4.79 Å². The highest BCUT2D eigenvalue weighted by molar-refractivity contribution is 5.93. The first kappa shape index (κ1) is 15.1. The van der Waals surface area contributed by atoms with Crippen LogP contribution in [0.4, 0.5) is 11.4 Å². The van der Waals surface area contributed by atoms with Crippen LogP contribution in [0.5, 0.6) is 0 Å². The number of hydrogen-bond donors (Lipinski definition) is 2. The van der Waals surface area contributed by atoms with Crippen LogP contribution in [0.3, 0.4) is 0 Å². The maximum atomic E-state index is 11.9. The third-order valence-electron chi connectivity index (χ3n) is 3.33. The van der Waals surface area contributed by atoms with Crippen molar-refractivity contribution in [3.05, 3.63) is 59.7 Å². The van der Waals surface area contributed by atoms with Gasteiger partial charge in [-0.3, -0.25) is 4.79 Å². The molecule has 0 aliphatic rings. The quantitative estimate of drug-likeness (QED) is 0.864. The fourth-order valence-electron chi connectivity index (χ4n) is 2.10. The molecule has 2 aromatic rings. The minimum Gasteiger partial charge on any atom is -0.376 e. The van der Waals surface area contributed by atoms with E-state index >= 15 is 0 Å². The van der Waals surface area contributed by atoms with Crippen LogP contribution in [-0.2, 0) is 4.79 Å². The molecule has 3 heteroatoms. The zero-order valence-corrected chi connectivity index (χ0v) is 12.8. The summed E-state index contributed by atoms with van der Waals surface area (Å²) in [7, 11) is 0. The molecule has 0 unspecified atom stereocenters. The van der Waals surface area contributed by atoms with Crippen LogP contribution >= 0.6 is 0 Å². The van der Waals surface area contributed by atoms with Crippen molar-refractivity contribution in [3.8, 4) is 0 Å². The molecule has 0 saturated heterocycles. The molecule has 0 saturated carbocycles. The second kappa shape index (κ2) is 6.93. The Morgan fingerprint density at radius 3 is 2.38 bits per heavy atom. The summed E-state index contributed by atoms with van der Waals surface area (Å²) < 4.78 is 0. The number of carbonyl (C=O) groups excluding carboxylic acids is 1. The molecule has 0 radical (unpaired) electrons. The predicted octanol–water partition coefficient (Wildman–Crippen LogP) is 4.17. The molecule has 0 aromatic heterocycles. The minimum atomic E-state index is -0.0477. The number of amides is 1. The molecule has 2 aromatic carbocycles. The molecule has 21 heavy (non-hydrogen) atoms. The van der Waals surface area contributed by atoms with Crippen molar-refractivity contribution in [3.63, 3.8) is 0 Å². The van der Waals surface area contributed by atoms with Crippen molar-refractivity contribution in [2.24, 2.45) is 0 Å². The van der Waals surface area contributed by atoms with E-state index in [1.807, 2.05) is 43.3 Å². The van der Waals surface area contributed by atoms with Gasteiger partial charge in [0.05, 0.1) is 6.54 Å². The third-order valence-corrected chi connectivity index (χ3v) is 3.33. The molecule has 0 aliphatic heterocycles. The molecule has 0 aliphatic carbocycles. The van der Waals surface area contributed by atoms with Gasteiger partial charge in [-0.05, 0) is 48.2 Å². The van der Waals surface area contributed by atoms with Crippen LogP contribution in [0.2, 0.25) is 0 Å². The molecule has 2 N–H and O–H groups in total. The maximum Gasteiger partial charge on any atom is 0.243 e. The Hall–Kier alpha value is -2.29. The number of carbonyl (C=O) groups is 1. The summed E-state index contributed by atoms with van der Waals surface area (Å²) in [6.45, 7) is 6.59. The number of rotatable bonds is 5. The molecule has 0 spiro atoms. The summed E-state index contributed by atoms with van der Waals surface area (Å²) in [4.78, 5) is 11.9. The van der Waals surface area contributed by atoms with Gasteiger partial charge in [0, 0.05) is 11.4 Å². The summed E-state index contributed by atoms with van der Waals surface area (Å²) in [5, 5.41) is 6.01. The van der Waals surface area contributed by atoms with Gasteiger partial charge in [0.15, 0.2) is 0 Å². The van der Waals surface area contributed by atoms with Crippen molar-refractivity contribution in [1.82, 2.24) is 0 Å². The second-order valence-corrected chi connectivity index (χ2v) is 5.55. The fraction of sp³-hybridized carbons (Fsp3) is 0.278. The van der Waals surface area contributed by atoms with Gasteiger partial charge in [0.2, 0.25) is 5.91 Å². The van der Waals surface area contributed by atoms with Gasteiger partial charge in [-0.25, -0.2) is 0 Å². The van der Waals surface area contributed by atoms with E-state index in [2.05, 4.69) is 36.6 Å². The van der Waals surface area contributed by atoms with Gasteiger partial charge in [-0.2, -0.15) is 0 Å². The first-order valence-electron chi connectivity index (χ1n) is 7.25. The lowest BCUT2D eigenvalue weighted by Gasteiger charge is -2.10. The monoisotopic (exact) mass is 282 g/mol. The van der Waals surface area contributed by atoms with E-state index < -0.39 is 0 Å². The maximum absolute atomic E-state index is 11.9. The predicted molar refractivity (Wildman–Crippen MR) is 88.8 cm³/mol. The van der Waals surface area contributed by atoms with E-state index in [1.54, 1.807) is 0 Å². The Kier molecular flexibility index (Phi) is 4.99. The molecule has 3 nitrogen and oxygen atoms in total. The van der Waals surface area contributed by atoms with Crippen LogP contribution in [0.1, 0.15) is 30.9 Å². The normalized spacial score (nSPS) is 10.5. The Labute approximate surface area is 126 Å². The molecular formula is C18H22N2O. The summed E-state index contributed by atoms with van der Waals surface area (Å²) in [5.74, 6) is 0.470. The number of anilines is 2. The molecule has 0 fully saturated rings. The van der Waals surface area contributed by atoms with Crippen molar-refractivity contribution < 1.29 is 4.79 Å². The van der Waals surface area contributed by atoms with Crippen molar-refractivity contribution in [2.45, 2.75) is 26.7 Å². The molecule has 2 rings (SSSR count). The smallest absolute Gasteiger partial charge is 0.243 e. The summed E-state index contributed by atoms with van der Waals surface area (Å²) in [5.41, 5.74) is 4.21. The number of nitrogens with one attached hydrogen (secondary N) is 2. The Bertz CT molecular complexity index is 603. The average Bonchev–Trinajstić information content (AvgIpc) is 2.45. The molecule has 0 atom stereocenters.